The van der Waals surface area contributed by atoms with Crippen LogP contribution in [0.25, 0.3) is 125 Å². The lowest BCUT2D eigenvalue weighted by Gasteiger charge is -2.05. The van der Waals surface area contributed by atoms with Gasteiger partial charge in [0, 0.05) is 87.4 Å². The Balaban J connectivity index is 0.000000119. The Bertz CT molecular complexity index is 6340. The second-order valence-corrected chi connectivity index (χ2v) is 32.2. The third-order valence-corrected chi connectivity index (χ3v) is 24.3. The monoisotopic (exact) mass is 1720 g/mol. The molecule has 0 spiro atoms. The second-order valence-electron chi connectivity index (χ2n) is 24.8. The van der Waals surface area contributed by atoms with Crippen LogP contribution in [0, 0.1) is 21.0 Å². The van der Waals surface area contributed by atoms with Gasteiger partial charge in [-0.3, -0.25) is 4.39 Å². The summed E-state index contributed by atoms with van der Waals surface area (Å²) in [6.45, 7) is 0.361. The molecule has 0 amide bonds. The molecule has 0 aliphatic heterocycles. The number of halogens is 5. The number of rotatable bonds is 14. The van der Waals surface area contributed by atoms with Gasteiger partial charge in [0.05, 0.1) is 80.3 Å². The van der Waals surface area contributed by atoms with E-state index < -0.39 is 0 Å². The molecule has 0 fully saturated rings. The first-order valence-corrected chi connectivity index (χ1v) is 40.7. The van der Waals surface area contributed by atoms with E-state index in [2.05, 4.69) is 73.8 Å². The predicted molar refractivity (Wildman–Crippen MR) is 469 cm³/mol. The number of thiazole rings is 6. The molecule has 0 atom stereocenters. The van der Waals surface area contributed by atoms with Crippen LogP contribution in [0.15, 0.2) is 237 Å². The van der Waals surface area contributed by atoms with Gasteiger partial charge >= 0.3 is 0 Å². The molecule has 0 radical (unpaired) electrons. The number of hydrogen-bond donors (Lipinski definition) is 11. The van der Waals surface area contributed by atoms with Gasteiger partial charge in [0.2, 0.25) is 0 Å². The van der Waals surface area contributed by atoms with E-state index in [4.69, 9.17) is 10.8 Å². The molecule has 6 heterocycles. The first-order valence-electron chi connectivity index (χ1n) is 34.7. The van der Waals surface area contributed by atoms with E-state index in [9.17, 15) is 43.1 Å². The highest BCUT2D eigenvalue weighted by molar-refractivity contribution is 14.1. The standard InChI is InChI=1S/C16H15FN2OS.2C14H11FN2OS.C14H10FNOS.C14H12N2OS.C13H9IN2OS/c17-8-1-9-18-12-4-2-11(3-5-12)16-19-14-7-6-13(20)10-15(14)21-16;1-16-11-4-2-8(6-10(11)15)14-17-12-5-3-9(18)7-13(12)19-14;1-16-8-2-4-10(11(15)6-8)14-17-12-5-3-9(18)7-13(12)19-14;15-11-4-2-10(3-5-11)14-16-12-6-1-9(8-17)7-13(12)18-14;1-15-10-4-2-9(3-5-10)14-16-12-7-6-11(17)8-13(12)18-14;14-9-5-7(1-3-10(9)15)13-16-11-4-2-8(17)6-12(11)18-13/h2-7,10,18,20H,1,8-9H2;2*2-7,16,18H,1H3;1-7,17H,8H2;2-8,15,17H,1H3;1-6,17H,15H2/i17-1;3*15-1;1-1;14-4. The van der Waals surface area contributed by atoms with E-state index in [1.807, 2.05) is 122 Å². The topological polar surface area (TPSA) is 273 Å². The summed E-state index contributed by atoms with van der Waals surface area (Å²) >= 11 is 11.2. The lowest BCUT2D eigenvalue weighted by atomic mass is 10.2. The van der Waals surface area contributed by atoms with Crippen LogP contribution in [0.1, 0.15) is 12.0 Å². The number of aliphatic hydroxyl groups is 1. The third-order valence-electron chi connectivity index (χ3n) is 17.0. The summed E-state index contributed by atoms with van der Waals surface area (Å²) in [6, 6.07) is 69.5. The van der Waals surface area contributed by atoms with Crippen molar-refractivity contribution in [3.8, 4) is 92.2 Å². The number of aliphatic hydroxyl groups excluding tert-OH is 1. The minimum Gasteiger partial charge on any atom is -0.508 e. The van der Waals surface area contributed by atoms with Crippen LogP contribution in [0.2, 0.25) is 0 Å². The predicted octanol–water partition coefficient (Wildman–Crippen LogP) is 23.3. The van der Waals surface area contributed by atoms with Crippen molar-refractivity contribution in [2.24, 2.45) is 0 Å². The molecular formula is C85H68F4IN11O6S6. The van der Waals surface area contributed by atoms with Crippen LogP contribution >= 0.6 is 90.6 Å². The molecule has 18 rings (SSSR count). The molecule has 0 saturated carbocycles. The number of nitrogens with one attached hydrogen (secondary N) is 4. The molecule has 0 saturated heterocycles. The van der Waals surface area contributed by atoms with Crippen molar-refractivity contribution < 1.29 is 48.2 Å². The number of aromatic nitrogens is 6. The Kier molecular flexibility index (Phi) is 25.8. The fourth-order valence-corrected chi connectivity index (χ4v) is 17.7. The van der Waals surface area contributed by atoms with Crippen molar-refractivity contribution >= 4 is 180 Å². The summed E-state index contributed by atoms with van der Waals surface area (Å²) < 4.78 is 59.4. The SMILES string of the molecule is CNc1ccc(-c2nc3ccc(O)cc3s2)c([18F])c1.CNc1ccc(-c2nc3ccc(O)cc3s2)cc1[18F].Nc1ccc(-c2nc3ccc(O)cc3s2)cc1[123I].OCc1ccc2nc(-c3ccc([18F])cc3)sc2c1.Oc1ccc2nc(-c3ccc(NCCC[18F])cc3)sc2c1.[11CH3]Nc1ccc(-c2nc3ccc(O)cc3s2)cc1. The van der Waals surface area contributed by atoms with E-state index in [1.54, 1.807) is 157 Å². The summed E-state index contributed by atoms with van der Waals surface area (Å²) in [4.78, 5) is 27.0. The number of alkyl halides is 1. The van der Waals surface area contributed by atoms with Crippen LogP contribution in [0.3, 0.4) is 0 Å². The fourth-order valence-electron chi connectivity index (χ4n) is 11.1. The average molecular weight is 1730 g/mol. The van der Waals surface area contributed by atoms with Gasteiger partial charge in [-0.05, 0) is 265 Å². The van der Waals surface area contributed by atoms with E-state index in [0.29, 0.717) is 29.2 Å². The Morgan fingerprint density at radius 2 is 0.726 bits per heavy atom. The van der Waals surface area contributed by atoms with Crippen LogP contribution < -0.4 is 27.0 Å². The van der Waals surface area contributed by atoms with Gasteiger partial charge in [-0.2, -0.15) is 0 Å². The van der Waals surface area contributed by atoms with Crippen molar-refractivity contribution in [2.45, 2.75) is 13.0 Å². The fraction of sp³-hybridized carbons (Fsp3) is 0.0824. The maximum atomic E-state index is 14.0. The molecule has 0 aliphatic carbocycles. The van der Waals surface area contributed by atoms with E-state index >= 15 is 0 Å². The molecule has 17 nitrogen and oxygen atoms in total. The van der Waals surface area contributed by atoms with Gasteiger partial charge in [0.15, 0.2) is 0 Å². The quantitative estimate of drug-likeness (QED) is 0.0209. The molecule has 12 N–H and O–H groups in total. The van der Waals surface area contributed by atoms with Gasteiger partial charge < -0.3 is 57.6 Å². The smallest absolute Gasteiger partial charge is 0.146 e. The Hall–Kier alpha value is -11.6. The molecule has 113 heavy (non-hydrogen) atoms. The largest absolute Gasteiger partial charge is 0.508 e. The van der Waals surface area contributed by atoms with Gasteiger partial charge in [-0.25, -0.2) is 43.1 Å². The number of hydrogen-bond acceptors (Lipinski definition) is 23. The molecule has 12 aromatic carbocycles. The third kappa shape index (κ3) is 20.0. The minimum absolute atomic E-state index is 0.0275. The molecule has 6 aromatic heterocycles. The number of nitrogens with zero attached hydrogens (tertiary/aromatic N) is 6. The summed E-state index contributed by atoms with van der Waals surface area (Å²) in [6.07, 6.45) is 0.517. The normalized spacial score (nSPS) is 10.9. The van der Waals surface area contributed by atoms with Crippen LogP contribution in [-0.2, 0) is 6.61 Å². The first-order chi connectivity index (χ1) is 54.7. The highest BCUT2D eigenvalue weighted by atomic mass is 123. The zero-order valence-corrected chi connectivity index (χ0v) is 67.2. The summed E-state index contributed by atoms with van der Waals surface area (Å²) in [7, 11) is 5.32. The van der Waals surface area contributed by atoms with Crippen molar-refractivity contribution in [1.29, 1.82) is 0 Å². The molecule has 18 aromatic rings. The number of nitrogen functional groups attached to an aromatic ring is 1. The van der Waals surface area contributed by atoms with Gasteiger partial charge in [0.1, 0.15) is 76.2 Å². The lowest BCUT2D eigenvalue weighted by molar-refractivity contribution is 0.282. The molecule has 0 unspecified atom stereocenters. The number of aromatic hydroxyl groups is 5. The number of fused-ring (bicyclic) bond motifs is 6. The van der Waals surface area contributed by atoms with E-state index in [-0.39, 0.29) is 59.5 Å². The molecule has 570 valence electrons. The maximum absolute atomic E-state index is 14.0. The van der Waals surface area contributed by atoms with Crippen LogP contribution in [0.4, 0.5) is 46.0 Å². The Labute approximate surface area is 682 Å². The Morgan fingerprint density at radius 3 is 1.12 bits per heavy atom. The minimum atomic E-state index is -0.310. The number of anilines is 5. The average Bonchev–Trinajstić information content (AvgIpc) is 1.70. The highest BCUT2D eigenvalue weighted by Gasteiger charge is 2.16. The highest BCUT2D eigenvalue weighted by Crippen LogP contribution is 2.40. The summed E-state index contributed by atoms with van der Waals surface area (Å²) in [5, 5.41) is 73.3. The van der Waals surface area contributed by atoms with Crippen LogP contribution in [-0.4, -0.2) is 94.9 Å². The summed E-state index contributed by atoms with van der Waals surface area (Å²) in [5.74, 6) is 0.339. The van der Waals surface area contributed by atoms with Gasteiger partial charge in [-0.15, -0.1) is 68.0 Å². The maximum Gasteiger partial charge on any atom is 0.146 e. The number of phenols is 5. The Morgan fingerprint density at radius 1 is 0.363 bits per heavy atom. The molecule has 0 bridgehead atoms. The zero-order chi connectivity index (χ0) is 79.2. The second kappa shape index (κ2) is 36.7. The summed E-state index contributed by atoms with van der Waals surface area (Å²) in [5.41, 5.74) is 21.2. The molecule has 28 heteroatoms. The molecular weight excluding hydrogens is 1660 g/mol. The molecule has 0 aliphatic rings. The van der Waals surface area contributed by atoms with Crippen molar-refractivity contribution in [3.63, 3.8) is 0 Å². The lowest BCUT2D eigenvalue weighted by Crippen LogP contribution is -2.01. The zero-order valence-electron chi connectivity index (χ0n) is 60.1. The van der Waals surface area contributed by atoms with Gasteiger partial charge in [0.25, 0.3) is 0 Å². The number of nitrogens with two attached hydrogens (primary N) is 1. The van der Waals surface area contributed by atoms with Crippen molar-refractivity contribution in [1.82, 2.24) is 29.9 Å². The van der Waals surface area contributed by atoms with E-state index in [1.165, 1.54) is 46.9 Å². The first kappa shape index (κ1) is 79.5. The van der Waals surface area contributed by atoms with Crippen molar-refractivity contribution in [3.05, 3.63) is 263 Å². The van der Waals surface area contributed by atoms with Crippen LogP contribution in [0.5, 0.6) is 28.7 Å². The number of benzene rings is 12. The number of phenolic OH excluding ortho intramolecular Hbond substituents is 5. The van der Waals surface area contributed by atoms with E-state index in [0.717, 1.165) is 146 Å². The van der Waals surface area contributed by atoms with Gasteiger partial charge in [-0.1, -0.05) is 6.07 Å². The van der Waals surface area contributed by atoms with Crippen molar-refractivity contribution in [2.75, 3.05) is 61.4 Å².